The fourth-order valence-corrected chi connectivity index (χ4v) is 2.98. The van der Waals surface area contributed by atoms with Crippen LogP contribution >= 0.6 is 0 Å². The number of carbonyl (C=O) groups excluding carboxylic acids is 1. The minimum Gasteiger partial charge on any atom is -0.496 e. The van der Waals surface area contributed by atoms with Gasteiger partial charge in [0, 0.05) is 45.0 Å². The number of nitrogens with zero attached hydrogens (tertiary/aromatic N) is 3. The van der Waals surface area contributed by atoms with Crippen LogP contribution in [0.4, 0.5) is 0 Å². The third-order valence-electron chi connectivity index (χ3n) is 4.69. The van der Waals surface area contributed by atoms with Gasteiger partial charge in [0.15, 0.2) is 5.96 Å². The molecule has 0 saturated carbocycles. The molecule has 0 bridgehead atoms. The highest BCUT2D eigenvalue weighted by atomic mass is 16.5. The van der Waals surface area contributed by atoms with Gasteiger partial charge in [-0.1, -0.05) is 23.8 Å². The third kappa shape index (κ3) is 7.73. The number of likely N-dealkylation sites (N-methyl/N-ethyl adjacent to an activating group) is 1. The van der Waals surface area contributed by atoms with E-state index in [1.807, 2.05) is 37.3 Å². The maximum Gasteiger partial charge on any atom is 0.244 e. The molecule has 0 aliphatic heterocycles. The monoisotopic (exact) mass is 411 g/mol. The SMILES string of the molecule is CCNC(=NCC(=O)N(C)CCc1ccccn1)NCCc1cc(C)ccc1OC. The van der Waals surface area contributed by atoms with Crippen molar-refractivity contribution in [3.05, 3.63) is 59.4 Å². The molecule has 2 rings (SSSR count). The predicted octanol–water partition coefficient (Wildman–Crippen LogP) is 2.20. The number of hydrogen-bond acceptors (Lipinski definition) is 4. The molecule has 0 unspecified atom stereocenters. The van der Waals surface area contributed by atoms with Gasteiger partial charge in [-0.3, -0.25) is 9.78 Å². The van der Waals surface area contributed by atoms with Crippen LogP contribution in [0.5, 0.6) is 5.75 Å². The Kier molecular flexibility index (Phi) is 9.64. The first kappa shape index (κ1) is 23.2. The van der Waals surface area contributed by atoms with Crippen molar-refractivity contribution in [1.29, 1.82) is 0 Å². The van der Waals surface area contributed by atoms with Crippen LogP contribution in [-0.2, 0) is 17.6 Å². The predicted molar refractivity (Wildman–Crippen MR) is 121 cm³/mol. The van der Waals surface area contributed by atoms with Crippen LogP contribution in [0.15, 0.2) is 47.6 Å². The van der Waals surface area contributed by atoms with Crippen molar-refractivity contribution in [2.24, 2.45) is 4.99 Å². The molecule has 0 atom stereocenters. The Labute approximate surface area is 179 Å². The van der Waals surface area contributed by atoms with E-state index >= 15 is 0 Å². The molecule has 0 radical (unpaired) electrons. The number of pyridine rings is 1. The number of nitrogens with one attached hydrogen (secondary N) is 2. The van der Waals surface area contributed by atoms with Crippen LogP contribution in [0.2, 0.25) is 0 Å². The van der Waals surface area contributed by atoms with Crippen LogP contribution < -0.4 is 15.4 Å². The summed E-state index contributed by atoms with van der Waals surface area (Å²) in [6, 6.07) is 12.0. The Bertz CT molecular complexity index is 824. The number of aliphatic imine (C=N–C) groups is 1. The molecule has 0 aliphatic carbocycles. The lowest BCUT2D eigenvalue weighted by atomic mass is 10.1. The number of aryl methyl sites for hydroxylation is 1. The number of rotatable bonds is 10. The van der Waals surface area contributed by atoms with Crippen molar-refractivity contribution in [3.63, 3.8) is 0 Å². The Morgan fingerprint density at radius 2 is 2.03 bits per heavy atom. The summed E-state index contributed by atoms with van der Waals surface area (Å²) >= 11 is 0. The zero-order chi connectivity index (χ0) is 21.8. The zero-order valence-electron chi connectivity index (χ0n) is 18.4. The average molecular weight is 412 g/mol. The van der Waals surface area contributed by atoms with Crippen LogP contribution in [0.1, 0.15) is 23.7 Å². The lowest BCUT2D eigenvalue weighted by Crippen LogP contribution is -2.39. The maximum atomic E-state index is 12.4. The van der Waals surface area contributed by atoms with E-state index in [0.29, 0.717) is 19.0 Å². The largest absolute Gasteiger partial charge is 0.496 e. The number of hydrogen-bond donors (Lipinski definition) is 2. The molecule has 1 amide bonds. The average Bonchev–Trinajstić information content (AvgIpc) is 2.76. The molecule has 30 heavy (non-hydrogen) atoms. The lowest BCUT2D eigenvalue weighted by molar-refractivity contribution is -0.128. The molecular formula is C23H33N5O2. The topological polar surface area (TPSA) is 78.9 Å². The Morgan fingerprint density at radius 1 is 1.20 bits per heavy atom. The van der Waals surface area contributed by atoms with E-state index in [4.69, 9.17) is 4.74 Å². The highest BCUT2D eigenvalue weighted by Crippen LogP contribution is 2.19. The van der Waals surface area contributed by atoms with Crippen molar-refractivity contribution >= 4 is 11.9 Å². The molecule has 7 heteroatoms. The number of guanidine groups is 1. The molecule has 1 aromatic heterocycles. The molecule has 1 heterocycles. The minimum atomic E-state index is -0.0245. The van der Waals surface area contributed by atoms with E-state index < -0.39 is 0 Å². The lowest BCUT2D eigenvalue weighted by Gasteiger charge is -2.17. The number of aromatic nitrogens is 1. The van der Waals surface area contributed by atoms with Gasteiger partial charge in [0.05, 0.1) is 7.11 Å². The molecular weight excluding hydrogens is 378 g/mol. The van der Waals surface area contributed by atoms with E-state index in [0.717, 1.165) is 36.4 Å². The van der Waals surface area contributed by atoms with E-state index in [9.17, 15) is 4.79 Å². The van der Waals surface area contributed by atoms with Crippen LogP contribution in [0.25, 0.3) is 0 Å². The van der Waals surface area contributed by atoms with Gasteiger partial charge >= 0.3 is 0 Å². The molecule has 0 aliphatic rings. The molecule has 0 saturated heterocycles. The van der Waals surface area contributed by atoms with Gasteiger partial charge in [-0.2, -0.15) is 0 Å². The summed E-state index contributed by atoms with van der Waals surface area (Å²) < 4.78 is 5.44. The van der Waals surface area contributed by atoms with Gasteiger partial charge in [0.2, 0.25) is 5.91 Å². The number of carbonyl (C=O) groups is 1. The van der Waals surface area contributed by atoms with Gasteiger partial charge in [-0.25, -0.2) is 4.99 Å². The number of ether oxygens (including phenoxy) is 1. The standard InChI is InChI=1S/C23H33N5O2/c1-5-24-23(26-14-11-19-16-18(2)9-10-21(19)30-4)27-17-22(29)28(3)15-12-20-8-6-7-13-25-20/h6-10,13,16H,5,11-12,14-15,17H2,1-4H3,(H2,24,26,27). The summed E-state index contributed by atoms with van der Waals surface area (Å²) in [6.07, 6.45) is 3.29. The second kappa shape index (κ2) is 12.5. The van der Waals surface area contributed by atoms with Crippen LogP contribution in [-0.4, -0.2) is 62.1 Å². The summed E-state index contributed by atoms with van der Waals surface area (Å²) in [5, 5.41) is 6.48. The smallest absolute Gasteiger partial charge is 0.244 e. The van der Waals surface area contributed by atoms with Crippen molar-refractivity contribution in [1.82, 2.24) is 20.5 Å². The van der Waals surface area contributed by atoms with E-state index in [1.165, 1.54) is 5.56 Å². The molecule has 1 aromatic carbocycles. The molecule has 2 aromatic rings. The molecule has 7 nitrogen and oxygen atoms in total. The normalized spacial score (nSPS) is 11.1. The summed E-state index contributed by atoms with van der Waals surface area (Å²) in [7, 11) is 3.48. The Morgan fingerprint density at radius 3 is 2.73 bits per heavy atom. The van der Waals surface area contributed by atoms with Gasteiger partial charge in [-0.05, 0) is 44.0 Å². The zero-order valence-corrected chi connectivity index (χ0v) is 18.4. The fraction of sp³-hybridized carbons (Fsp3) is 0.435. The number of methoxy groups -OCH3 is 1. The highest BCUT2D eigenvalue weighted by Gasteiger charge is 2.09. The summed E-state index contributed by atoms with van der Waals surface area (Å²) in [6.45, 7) is 6.20. The molecule has 0 spiro atoms. The maximum absolute atomic E-state index is 12.4. The van der Waals surface area contributed by atoms with Crippen molar-refractivity contribution in [2.75, 3.05) is 40.3 Å². The van der Waals surface area contributed by atoms with Gasteiger partial charge in [-0.15, -0.1) is 0 Å². The van der Waals surface area contributed by atoms with E-state index in [2.05, 4.69) is 33.6 Å². The quantitative estimate of drug-likeness (QED) is 0.463. The molecule has 2 N–H and O–H groups in total. The van der Waals surface area contributed by atoms with E-state index in [1.54, 1.807) is 25.3 Å². The van der Waals surface area contributed by atoms with E-state index in [-0.39, 0.29) is 12.5 Å². The van der Waals surface area contributed by atoms with Crippen LogP contribution in [0, 0.1) is 6.92 Å². The molecule has 162 valence electrons. The molecule has 0 fully saturated rings. The van der Waals surface area contributed by atoms with Gasteiger partial charge in [0.1, 0.15) is 12.3 Å². The number of benzene rings is 1. The first-order valence-corrected chi connectivity index (χ1v) is 10.3. The first-order chi connectivity index (χ1) is 14.5. The summed E-state index contributed by atoms with van der Waals surface area (Å²) in [5.74, 6) is 1.49. The van der Waals surface area contributed by atoms with Crippen molar-refractivity contribution < 1.29 is 9.53 Å². The number of amides is 1. The second-order valence-electron chi connectivity index (χ2n) is 7.07. The Balaban J connectivity index is 1.84. The van der Waals surface area contributed by atoms with Gasteiger partial charge in [0.25, 0.3) is 0 Å². The van der Waals surface area contributed by atoms with Crippen molar-refractivity contribution in [2.45, 2.75) is 26.7 Å². The Hall–Kier alpha value is -3.09. The summed E-state index contributed by atoms with van der Waals surface area (Å²) in [4.78, 5) is 22.8. The summed E-state index contributed by atoms with van der Waals surface area (Å²) in [5.41, 5.74) is 3.32. The van der Waals surface area contributed by atoms with Crippen molar-refractivity contribution in [3.8, 4) is 5.75 Å². The van der Waals surface area contributed by atoms with Crippen LogP contribution in [0.3, 0.4) is 0 Å². The van der Waals surface area contributed by atoms with Gasteiger partial charge < -0.3 is 20.3 Å². The fourth-order valence-electron chi connectivity index (χ4n) is 2.98. The second-order valence-corrected chi connectivity index (χ2v) is 7.07. The highest BCUT2D eigenvalue weighted by molar-refractivity contribution is 5.84. The minimum absolute atomic E-state index is 0.0245. The third-order valence-corrected chi connectivity index (χ3v) is 4.69. The first-order valence-electron chi connectivity index (χ1n) is 10.3.